The number of nitrogens with one attached hydrogen (secondary N) is 2. The van der Waals surface area contributed by atoms with E-state index in [0.29, 0.717) is 17.8 Å². The van der Waals surface area contributed by atoms with E-state index in [9.17, 15) is 9.18 Å². The van der Waals surface area contributed by atoms with E-state index in [1.807, 2.05) is 0 Å². The zero-order valence-electron chi connectivity index (χ0n) is 13.3. The molecule has 2 amide bonds. The van der Waals surface area contributed by atoms with Crippen molar-refractivity contribution < 1.29 is 13.9 Å². The fourth-order valence-corrected chi connectivity index (χ4v) is 3.86. The van der Waals surface area contributed by atoms with Gasteiger partial charge in [-0.2, -0.15) is 0 Å². The summed E-state index contributed by atoms with van der Waals surface area (Å²) in [6.07, 6.45) is 3.84. The van der Waals surface area contributed by atoms with E-state index in [4.69, 9.17) is 16.3 Å². The highest BCUT2D eigenvalue weighted by atomic mass is 35.5. The number of morpholine rings is 1. The summed E-state index contributed by atoms with van der Waals surface area (Å²) in [5, 5.41) is 5.69. The second-order valence-corrected chi connectivity index (χ2v) is 7.38. The van der Waals surface area contributed by atoms with Crippen molar-refractivity contribution in [3.05, 3.63) is 29.0 Å². The normalized spacial score (nSPS) is 30.0. The summed E-state index contributed by atoms with van der Waals surface area (Å²) in [6, 6.07) is 4.35. The van der Waals surface area contributed by atoms with Crippen molar-refractivity contribution in [3.63, 3.8) is 0 Å². The first-order chi connectivity index (χ1) is 11.6. The zero-order chi connectivity index (χ0) is 16.7. The van der Waals surface area contributed by atoms with Gasteiger partial charge in [-0.1, -0.05) is 11.6 Å². The van der Waals surface area contributed by atoms with Crippen LogP contribution >= 0.6 is 11.6 Å². The van der Waals surface area contributed by atoms with Crippen LogP contribution in [0.25, 0.3) is 0 Å². The predicted molar refractivity (Wildman–Crippen MR) is 89.8 cm³/mol. The molecule has 1 aliphatic carbocycles. The van der Waals surface area contributed by atoms with Gasteiger partial charge in [0.1, 0.15) is 5.82 Å². The Balaban J connectivity index is 1.29. The lowest BCUT2D eigenvalue weighted by atomic mass is 10.1. The summed E-state index contributed by atoms with van der Waals surface area (Å²) in [4.78, 5) is 14.6. The van der Waals surface area contributed by atoms with Gasteiger partial charge >= 0.3 is 6.03 Å². The van der Waals surface area contributed by atoms with Crippen LogP contribution in [-0.4, -0.2) is 48.8 Å². The molecule has 0 radical (unpaired) electrons. The SMILES string of the molecule is O=C(Nc1ccc(F)c(Cl)c1)N[C@@H]1C[C@H]2CO[C@@H](C3CC3)CN2C1. The van der Waals surface area contributed by atoms with Crippen LogP contribution in [0.3, 0.4) is 0 Å². The van der Waals surface area contributed by atoms with Crippen molar-refractivity contribution >= 4 is 23.3 Å². The maximum Gasteiger partial charge on any atom is 0.319 e. The number of carbonyl (C=O) groups excluding carboxylic acids is 1. The number of nitrogens with zero attached hydrogens (tertiary/aromatic N) is 1. The fraction of sp³-hybridized carbons (Fsp3) is 0.588. The second kappa shape index (κ2) is 6.50. The van der Waals surface area contributed by atoms with Crippen LogP contribution in [0.1, 0.15) is 19.3 Å². The number of hydrogen-bond acceptors (Lipinski definition) is 3. The monoisotopic (exact) mass is 353 g/mol. The number of carbonyl (C=O) groups is 1. The lowest BCUT2D eigenvalue weighted by Gasteiger charge is -2.35. The molecule has 5 nitrogen and oxygen atoms in total. The van der Waals surface area contributed by atoms with Gasteiger partial charge < -0.3 is 15.4 Å². The number of fused-ring (bicyclic) bond motifs is 1. The lowest BCUT2D eigenvalue weighted by molar-refractivity contribution is -0.0581. The van der Waals surface area contributed by atoms with Gasteiger partial charge in [0.05, 0.1) is 17.7 Å². The first-order valence-corrected chi connectivity index (χ1v) is 8.84. The summed E-state index contributed by atoms with van der Waals surface area (Å²) < 4.78 is 19.1. The van der Waals surface area contributed by atoms with Crippen LogP contribution in [0.5, 0.6) is 0 Å². The second-order valence-electron chi connectivity index (χ2n) is 6.98. The lowest BCUT2D eigenvalue weighted by Crippen LogP contribution is -2.47. The summed E-state index contributed by atoms with van der Waals surface area (Å²) in [5.41, 5.74) is 0.478. The largest absolute Gasteiger partial charge is 0.375 e. The van der Waals surface area contributed by atoms with Crippen molar-refractivity contribution in [2.45, 2.75) is 37.5 Å². The molecule has 0 bridgehead atoms. The average Bonchev–Trinajstić information content (AvgIpc) is 3.31. The van der Waals surface area contributed by atoms with E-state index in [1.165, 1.54) is 31.0 Å². The number of ether oxygens (including phenoxy) is 1. The van der Waals surface area contributed by atoms with Crippen LogP contribution in [0.2, 0.25) is 5.02 Å². The molecular formula is C17H21ClFN3O2. The Morgan fingerprint density at radius 1 is 1.33 bits per heavy atom. The minimum Gasteiger partial charge on any atom is -0.375 e. The molecule has 4 rings (SSSR count). The summed E-state index contributed by atoms with van der Waals surface area (Å²) in [7, 11) is 0. The summed E-state index contributed by atoms with van der Waals surface area (Å²) in [6.45, 7) is 2.59. The molecule has 3 fully saturated rings. The van der Waals surface area contributed by atoms with Gasteiger partial charge in [0.25, 0.3) is 0 Å². The van der Waals surface area contributed by atoms with Crippen molar-refractivity contribution in [2.75, 3.05) is 25.0 Å². The van der Waals surface area contributed by atoms with Crippen LogP contribution in [-0.2, 0) is 4.74 Å². The van der Waals surface area contributed by atoms with Gasteiger partial charge in [-0.15, -0.1) is 0 Å². The Labute approximate surface area is 145 Å². The minimum absolute atomic E-state index is 0.00550. The van der Waals surface area contributed by atoms with Crippen LogP contribution < -0.4 is 10.6 Å². The highest BCUT2D eigenvalue weighted by Gasteiger charge is 2.42. The van der Waals surface area contributed by atoms with E-state index < -0.39 is 5.82 Å². The molecule has 24 heavy (non-hydrogen) atoms. The van der Waals surface area contributed by atoms with Gasteiger partial charge in [0, 0.05) is 30.9 Å². The standard InChI is InChI=1S/C17H21ClFN3O2/c18-14-6-11(3-4-15(14)19)20-17(23)21-12-5-13-9-24-16(10-1-2-10)8-22(13)7-12/h3-4,6,10,12-13,16H,1-2,5,7-9H2,(H2,20,21,23)/t12-,13+,16-/m1/s1. The molecule has 0 spiro atoms. The molecule has 2 aliphatic heterocycles. The van der Waals surface area contributed by atoms with Gasteiger partial charge in [-0.3, -0.25) is 4.90 Å². The molecule has 2 saturated heterocycles. The van der Waals surface area contributed by atoms with Crippen molar-refractivity contribution in [3.8, 4) is 0 Å². The minimum atomic E-state index is -0.500. The van der Waals surface area contributed by atoms with E-state index in [0.717, 1.165) is 32.0 Å². The molecule has 1 saturated carbocycles. The van der Waals surface area contributed by atoms with Gasteiger partial charge in [0.2, 0.25) is 0 Å². The van der Waals surface area contributed by atoms with Gasteiger partial charge in [-0.25, -0.2) is 9.18 Å². The first kappa shape index (κ1) is 16.1. The molecule has 130 valence electrons. The summed E-state index contributed by atoms with van der Waals surface area (Å²) >= 11 is 5.73. The third-order valence-electron chi connectivity index (χ3n) is 5.11. The maximum absolute atomic E-state index is 13.1. The number of anilines is 1. The predicted octanol–water partition coefficient (Wildman–Crippen LogP) is 2.85. The average molecular weight is 354 g/mol. The molecule has 1 aromatic rings. The van der Waals surface area contributed by atoms with E-state index in [1.54, 1.807) is 0 Å². The van der Waals surface area contributed by atoms with Crippen LogP contribution in [0.4, 0.5) is 14.9 Å². The number of hydrogen-bond donors (Lipinski definition) is 2. The third kappa shape index (κ3) is 3.50. The Morgan fingerprint density at radius 3 is 2.92 bits per heavy atom. The molecule has 0 aromatic heterocycles. The van der Waals surface area contributed by atoms with Crippen molar-refractivity contribution in [1.29, 1.82) is 0 Å². The van der Waals surface area contributed by atoms with Crippen LogP contribution in [0.15, 0.2) is 18.2 Å². The highest BCUT2D eigenvalue weighted by Crippen LogP contribution is 2.37. The Hall–Kier alpha value is -1.37. The molecule has 1 aromatic carbocycles. The van der Waals surface area contributed by atoms with E-state index >= 15 is 0 Å². The van der Waals surface area contributed by atoms with E-state index in [-0.39, 0.29) is 17.1 Å². The topological polar surface area (TPSA) is 53.6 Å². The maximum atomic E-state index is 13.1. The smallest absolute Gasteiger partial charge is 0.319 e. The number of urea groups is 1. The summed E-state index contributed by atoms with van der Waals surface area (Å²) in [5.74, 6) is 0.241. The fourth-order valence-electron chi connectivity index (χ4n) is 3.68. The Morgan fingerprint density at radius 2 is 2.17 bits per heavy atom. The Bertz CT molecular complexity index is 640. The molecule has 3 aliphatic rings. The molecule has 3 atom stereocenters. The number of rotatable bonds is 3. The first-order valence-electron chi connectivity index (χ1n) is 8.46. The quantitative estimate of drug-likeness (QED) is 0.878. The molecule has 7 heteroatoms. The number of amides is 2. The zero-order valence-corrected chi connectivity index (χ0v) is 14.1. The third-order valence-corrected chi connectivity index (χ3v) is 5.40. The van der Waals surface area contributed by atoms with Crippen LogP contribution in [0, 0.1) is 11.7 Å². The van der Waals surface area contributed by atoms with Gasteiger partial charge in [0.15, 0.2) is 0 Å². The molecule has 0 unspecified atom stereocenters. The number of halogens is 2. The molecule has 2 heterocycles. The highest BCUT2D eigenvalue weighted by molar-refractivity contribution is 6.31. The van der Waals surface area contributed by atoms with E-state index in [2.05, 4.69) is 15.5 Å². The molecular weight excluding hydrogens is 333 g/mol. The van der Waals surface area contributed by atoms with Crippen molar-refractivity contribution in [1.82, 2.24) is 10.2 Å². The molecule has 2 N–H and O–H groups in total. The van der Waals surface area contributed by atoms with Gasteiger partial charge in [-0.05, 0) is 43.4 Å². The van der Waals surface area contributed by atoms with Crippen molar-refractivity contribution in [2.24, 2.45) is 5.92 Å². The number of benzene rings is 1. The Kier molecular flexibility index (Phi) is 4.37.